The molecule has 3 aromatic carbocycles. The van der Waals surface area contributed by atoms with Crippen LogP contribution in [-0.4, -0.2) is 42.4 Å². The van der Waals surface area contributed by atoms with Crippen molar-refractivity contribution in [1.82, 2.24) is 15.0 Å². The molecule has 6 nitrogen and oxygen atoms in total. The monoisotopic (exact) mass is 585 g/mol. The second kappa shape index (κ2) is 10.6. The van der Waals surface area contributed by atoms with Gasteiger partial charge in [-0.2, -0.15) is 0 Å². The molecule has 0 bridgehead atoms. The van der Waals surface area contributed by atoms with E-state index in [1.54, 1.807) is 20.4 Å². The topological polar surface area (TPSA) is 72.2 Å². The van der Waals surface area contributed by atoms with E-state index < -0.39 is 28.6 Å². The zero-order valence-electron chi connectivity index (χ0n) is 20.4. The van der Waals surface area contributed by atoms with E-state index in [1.165, 1.54) is 24.4 Å². The summed E-state index contributed by atoms with van der Waals surface area (Å²) >= 11 is 3.51. The normalized spacial score (nSPS) is 11.8. The molecule has 0 spiro atoms. The predicted octanol–water partition coefficient (Wildman–Crippen LogP) is 7.11. The fourth-order valence-corrected chi connectivity index (χ4v) is 4.97. The summed E-state index contributed by atoms with van der Waals surface area (Å²) in [5, 5.41) is 0.180. The third-order valence-corrected chi connectivity index (χ3v) is 6.86. The highest BCUT2D eigenvalue weighted by Gasteiger charge is 2.37. The summed E-state index contributed by atoms with van der Waals surface area (Å²) in [7, 11) is 3.17. The Labute approximate surface area is 224 Å². The van der Waals surface area contributed by atoms with Gasteiger partial charge in [-0.25, -0.2) is 18.2 Å². The molecule has 2 heterocycles. The van der Waals surface area contributed by atoms with Crippen LogP contribution in [0.4, 0.5) is 13.2 Å². The molecule has 10 heteroatoms. The molecule has 0 unspecified atom stereocenters. The number of nitrogens with zero attached hydrogens (tertiary/aromatic N) is 1. The fraction of sp³-hybridized carbons (Fsp3) is 0.179. The molecule has 0 atom stereocenters. The van der Waals surface area contributed by atoms with Gasteiger partial charge in [-0.3, -0.25) is 0 Å². The number of imidazole rings is 1. The maximum atomic E-state index is 15.0. The number of aromatic nitrogens is 3. The Morgan fingerprint density at radius 2 is 1.74 bits per heavy atom. The van der Waals surface area contributed by atoms with Crippen LogP contribution in [-0.2, 0) is 14.9 Å². The van der Waals surface area contributed by atoms with Crippen LogP contribution in [0, 0.1) is 17.5 Å². The Morgan fingerprint density at radius 3 is 2.47 bits per heavy atom. The molecule has 0 aliphatic carbocycles. The van der Waals surface area contributed by atoms with E-state index in [2.05, 4.69) is 30.9 Å². The van der Waals surface area contributed by atoms with Crippen molar-refractivity contribution in [3.8, 4) is 22.9 Å². The number of hydrogen-bond acceptors (Lipinski definition) is 4. The Kier molecular flexibility index (Phi) is 7.29. The Balaban J connectivity index is 1.54. The molecule has 2 N–H and O–H groups in total. The molecule has 38 heavy (non-hydrogen) atoms. The van der Waals surface area contributed by atoms with E-state index in [0.717, 1.165) is 22.2 Å². The van der Waals surface area contributed by atoms with Gasteiger partial charge in [0.05, 0.1) is 35.4 Å². The van der Waals surface area contributed by atoms with Crippen LogP contribution in [0.1, 0.15) is 11.3 Å². The van der Waals surface area contributed by atoms with Crippen molar-refractivity contribution in [2.24, 2.45) is 0 Å². The SMILES string of the molecule is COCC(COC)(c1cccc(Br)c1)c1cnc(-c2cc(Oc3c(F)cc4[nH]ccc4c3F)ccc2F)[nH]1. The van der Waals surface area contributed by atoms with Gasteiger partial charge in [0.2, 0.25) is 0 Å². The van der Waals surface area contributed by atoms with E-state index in [0.29, 0.717) is 11.2 Å². The fourth-order valence-electron chi connectivity index (χ4n) is 4.57. The molecule has 0 amide bonds. The minimum atomic E-state index is -0.887. The predicted molar refractivity (Wildman–Crippen MR) is 141 cm³/mol. The zero-order valence-corrected chi connectivity index (χ0v) is 22.0. The van der Waals surface area contributed by atoms with E-state index in [-0.39, 0.29) is 35.7 Å². The van der Waals surface area contributed by atoms with Gasteiger partial charge in [-0.15, -0.1) is 0 Å². The lowest BCUT2D eigenvalue weighted by molar-refractivity contribution is 0.0776. The van der Waals surface area contributed by atoms with Gasteiger partial charge in [0.25, 0.3) is 0 Å². The summed E-state index contributed by atoms with van der Waals surface area (Å²) in [5.74, 6) is -2.67. The summed E-state index contributed by atoms with van der Waals surface area (Å²) in [6.45, 7) is 0.509. The lowest BCUT2D eigenvalue weighted by atomic mass is 9.79. The quantitative estimate of drug-likeness (QED) is 0.193. The summed E-state index contributed by atoms with van der Waals surface area (Å²) in [6.07, 6.45) is 3.10. The average molecular weight is 586 g/mol. The molecule has 196 valence electrons. The summed E-state index contributed by atoms with van der Waals surface area (Å²) in [5.41, 5.74) is 1.12. The molecule has 5 rings (SSSR count). The van der Waals surface area contributed by atoms with Gasteiger partial charge < -0.3 is 24.2 Å². The van der Waals surface area contributed by atoms with Crippen LogP contribution in [0.3, 0.4) is 0 Å². The van der Waals surface area contributed by atoms with E-state index in [9.17, 15) is 13.2 Å². The van der Waals surface area contributed by atoms with E-state index in [1.807, 2.05) is 24.3 Å². The van der Waals surface area contributed by atoms with Crippen molar-refractivity contribution in [2.75, 3.05) is 27.4 Å². The smallest absolute Gasteiger partial charge is 0.199 e. The summed E-state index contributed by atoms with van der Waals surface area (Å²) in [6, 6.07) is 14.1. The highest BCUT2D eigenvalue weighted by Crippen LogP contribution is 2.37. The van der Waals surface area contributed by atoms with E-state index >= 15 is 0 Å². The Morgan fingerprint density at radius 1 is 0.947 bits per heavy atom. The lowest BCUT2D eigenvalue weighted by Gasteiger charge is -2.32. The number of halogens is 4. The molecule has 0 saturated carbocycles. The van der Waals surface area contributed by atoms with Crippen molar-refractivity contribution in [3.05, 3.63) is 100 Å². The number of nitrogens with one attached hydrogen (secondary N) is 2. The summed E-state index contributed by atoms with van der Waals surface area (Å²) in [4.78, 5) is 10.4. The highest BCUT2D eigenvalue weighted by atomic mass is 79.9. The van der Waals surface area contributed by atoms with Gasteiger partial charge in [-0.05, 0) is 42.0 Å². The van der Waals surface area contributed by atoms with Crippen molar-refractivity contribution in [1.29, 1.82) is 0 Å². The first-order valence-electron chi connectivity index (χ1n) is 11.6. The molecule has 0 aliphatic rings. The number of aromatic amines is 2. The van der Waals surface area contributed by atoms with Crippen LogP contribution in [0.2, 0.25) is 0 Å². The maximum Gasteiger partial charge on any atom is 0.199 e. The third-order valence-electron chi connectivity index (χ3n) is 6.37. The van der Waals surface area contributed by atoms with Gasteiger partial charge in [-0.1, -0.05) is 28.1 Å². The number of H-pyrrole nitrogens is 2. The Hall–Kier alpha value is -3.60. The first kappa shape index (κ1) is 26.0. The molecule has 2 aromatic heterocycles. The second-order valence-corrected chi connectivity index (χ2v) is 9.70. The number of rotatable bonds is 9. The van der Waals surface area contributed by atoms with Gasteiger partial charge in [0, 0.05) is 42.5 Å². The van der Waals surface area contributed by atoms with Gasteiger partial charge >= 0.3 is 0 Å². The molecular formula is C28H23BrF3N3O3. The number of fused-ring (bicyclic) bond motifs is 1. The first-order chi connectivity index (χ1) is 18.4. The van der Waals surface area contributed by atoms with Crippen molar-refractivity contribution >= 4 is 26.8 Å². The lowest BCUT2D eigenvalue weighted by Crippen LogP contribution is -2.38. The van der Waals surface area contributed by atoms with Crippen molar-refractivity contribution in [2.45, 2.75) is 5.41 Å². The van der Waals surface area contributed by atoms with Gasteiger partial charge in [0.15, 0.2) is 17.4 Å². The first-order valence-corrected chi connectivity index (χ1v) is 12.4. The number of benzene rings is 3. The van der Waals surface area contributed by atoms with Crippen LogP contribution < -0.4 is 4.74 Å². The molecular weight excluding hydrogens is 563 g/mol. The van der Waals surface area contributed by atoms with E-state index in [4.69, 9.17) is 14.2 Å². The minimum Gasteiger partial charge on any atom is -0.451 e. The molecule has 0 aliphatic heterocycles. The number of methoxy groups -OCH3 is 2. The van der Waals surface area contributed by atoms with Crippen LogP contribution >= 0.6 is 15.9 Å². The van der Waals surface area contributed by atoms with Crippen molar-refractivity contribution in [3.63, 3.8) is 0 Å². The van der Waals surface area contributed by atoms with Crippen molar-refractivity contribution < 1.29 is 27.4 Å². The minimum absolute atomic E-state index is 0.0408. The molecule has 0 radical (unpaired) electrons. The summed E-state index contributed by atoms with van der Waals surface area (Å²) < 4.78 is 62.1. The van der Waals surface area contributed by atoms with Crippen LogP contribution in [0.5, 0.6) is 11.5 Å². The zero-order chi connectivity index (χ0) is 26.9. The third kappa shape index (κ3) is 4.70. The number of hydrogen-bond donors (Lipinski definition) is 2. The van der Waals surface area contributed by atoms with Gasteiger partial charge in [0.1, 0.15) is 17.4 Å². The standard InChI is InChI=1S/C28H23BrF3N3O3/c1-36-14-28(15-37-2,16-4-3-5-17(29)10-16)24-13-34-27(35-24)20-11-18(6-7-21(20)30)38-26-22(31)12-23-19(25(26)32)8-9-33-23/h3-13,33H,14-15H2,1-2H3,(H,34,35). The largest absolute Gasteiger partial charge is 0.451 e. The average Bonchev–Trinajstić information content (AvgIpc) is 3.58. The highest BCUT2D eigenvalue weighted by molar-refractivity contribution is 9.10. The molecule has 0 saturated heterocycles. The Bertz CT molecular complexity index is 1600. The molecule has 5 aromatic rings. The second-order valence-electron chi connectivity index (χ2n) is 8.79. The van der Waals surface area contributed by atoms with Crippen LogP contribution in [0.15, 0.2) is 71.5 Å². The van der Waals surface area contributed by atoms with Crippen LogP contribution in [0.25, 0.3) is 22.3 Å². The number of ether oxygens (including phenoxy) is 3. The maximum absolute atomic E-state index is 15.0. The molecule has 0 fully saturated rings.